The highest BCUT2D eigenvalue weighted by Crippen LogP contribution is 2.31. The minimum absolute atomic E-state index is 0.754. The van der Waals surface area contributed by atoms with E-state index in [9.17, 15) is 0 Å². The fourth-order valence-electron chi connectivity index (χ4n) is 1.92. The standard InChI is InChI=1S/C10H14N2O/c1-13-10-8-5-3-2-4-7(8)9(11)6-12-10/h6H,2-5,11H2,1H3. The minimum Gasteiger partial charge on any atom is -0.481 e. The molecule has 13 heavy (non-hydrogen) atoms. The maximum atomic E-state index is 5.85. The lowest BCUT2D eigenvalue weighted by molar-refractivity contribution is 0.389. The first kappa shape index (κ1) is 8.35. The van der Waals surface area contributed by atoms with Crippen molar-refractivity contribution in [3.63, 3.8) is 0 Å². The molecule has 2 rings (SSSR count). The predicted octanol–water partition coefficient (Wildman–Crippen LogP) is 1.55. The zero-order chi connectivity index (χ0) is 9.26. The van der Waals surface area contributed by atoms with Crippen molar-refractivity contribution >= 4 is 5.69 Å². The summed E-state index contributed by atoms with van der Waals surface area (Å²) in [5.74, 6) is 0.754. The number of ether oxygens (including phenoxy) is 1. The minimum atomic E-state index is 0.754. The van der Waals surface area contributed by atoms with Crippen molar-refractivity contribution < 1.29 is 4.74 Å². The number of nitrogen functional groups attached to an aromatic ring is 1. The molecule has 1 aliphatic carbocycles. The molecule has 0 unspecified atom stereocenters. The van der Waals surface area contributed by atoms with Crippen LogP contribution >= 0.6 is 0 Å². The number of aromatic nitrogens is 1. The molecule has 1 aromatic rings. The smallest absolute Gasteiger partial charge is 0.216 e. The Morgan fingerprint density at radius 1 is 1.31 bits per heavy atom. The van der Waals surface area contributed by atoms with Gasteiger partial charge in [0, 0.05) is 5.56 Å². The number of rotatable bonds is 1. The molecule has 0 aliphatic heterocycles. The van der Waals surface area contributed by atoms with Crippen LogP contribution in [0.2, 0.25) is 0 Å². The Morgan fingerprint density at radius 2 is 2.00 bits per heavy atom. The first-order valence-electron chi connectivity index (χ1n) is 4.63. The van der Waals surface area contributed by atoms with Gasteiger partial charge in [-0.1, -0.05) is 0 Å². The summed E-state index contributed by atoms with van der Waals surface area (Å²) >= 11 is 0. The highest BCUT2D eigenvalue weighted by Gasteiger charge is 2.16. The molecule has 0 aromatic carbocycles. The Balaban J connectivity index is 2.52. The van der Waals surface area contributed by atoms with Crippen molar-refractivity contribution in [2.24, 2.45) is 0 Å². The van der Waals surface area contributed by atoms with E-state index in [-0.39, 0.29) is 0 Å². The average Bonchev–Trinajstić information content (AvgIpc) is 2.19. The molecular weight excluding hydrogens is 164 g/mol. The first-order valence-corrected chi connectivity index (χ1v) is 4.63. The third kappa shape index (κ3) is 1.34. The van der Waals surface area contributed by atoms with Crippen LogP contribution in [-0.2, 0) is 12.8 Å². The largest absolute Gasteiger partial charge is 0.481 e. The topological polar surface area (TPSA) is 48.1 Å². The summed E-state index contributed by atoms with van der Waals surface area (Å²) < 4.78 is 5.20. The maximum Gasteiger partial charge on any atom is 0.216 e. The Kier molecular flexibility index (Phi) is 2.08. The number of methoxy groups -OCH3 is 1. The van der Waals surface area contributed by atoms with Crippen LogP contribution in [0.1, 0.15) is 24.0 Å². The number of hydrogen-bond donors (Lipinski definition) is 1. The summed E-state index contributed by atoms with van der Waals surface area (Å²) in [7, 11) is 1.66. The predicted molar refractivity (Wildman–Crippen MR) is 51.8 cm³/mol. The lowest BCUT2D eigenvalue weighted by Gasteiger charge is -2.19. The molecule has 0 fully saturated rings. The fraction of sp³-hybridized carbons (Fsp3) is 0.500. The van der Waals surface area contributed by atoms with Gasteiger partial charge in [-0.3, -0.25) is 0 Å². The molecule has 3 heteroatoms. The number of pyridine rings is 1. The third-order valence-corrected chi connectivity index (χ3v) is 2.59. The molecule has 0 spiro atoms. The number of fused-ring (bicyclic) bond motifs is 1. The van der Waals surface area contributed by atoms with Gasteiger partial charge in [-0.15, -0.1) is 0 Å². The zero-order valence-corrected chi connectivity index (χ0v) is 7.84. The van der Waals surface area contributed by atoms with E-state index in [1.54, 1.807) is 13.3 Å². The molecule has 1 aliphatic rings. The van der Waals surface area contributed by atoms with Crippen LogP contribution in [0.15, 0.2) is 6.20 Å². The van der Waals surface area contributed by atoms with Crippen molar-refractivity contribution in [3.05, 3.63) is 17.3 Å². The second-order valence-corrected chi connectivity index (χ2v) is 3.39. The van der Waals surface area contributed by atoms with Crippen LogP contribution in [0.5, 0.6) is 5.88 Å². The number of anilines is 1. The van der Waals surface area contributed by atoms with E-state index in [2.05, 4.69) is 4.98 Å². The van der Waals surface area contributed by atoms with Gasteiger partial charge in [-0.2, -0.15) is 0 Å². The summed E-state index contributed by atoms with van der Waals surface area (Å²) in [5, 5.41) is 0. The van der Waals surface area contributed by atoms with E-state index < -0.39 is 0 Å². The second-order valence-electron chi connectivity index (χ2n) is 3.39. The normalized spacial score (nSPS) is 15.2. The SMILES string of the molecule is COc1ncc(N)c2c1CCCC2. The molecule has 0 bridgehead atoms. The lowest BCUT2D eigenvalue weighted by Crippen LogP contribution is -2.09. The van der Waals surface area contributed by atoms with Crippen molar-refractivity contribution in [1.82, 2.24) is 4.98 Å². The first-order chi connectivity index (χ1) is 6.33. The van der Waals surface area contributed by atoms with Gasteiger partial charge in [0.05, 0.1) is 19.0 Å². The molecule has 3 nitrogen and oxygen atoms in total. The van der Waals surface area contributed by atoms with E-state index in [0.29, 0.717) is 0 Å². The van der Waals surface area contributed by atoms with E-state index in [1.165, 1.54) is 24.0 Å². The summed E-state index contributed by atoms with van der Waals surface area (Å²) in [5.41, 5.74) is 9.13. The molecule has 1 aromatic heterocycles. The number of hydrogen-bond acceptors (Lipinski definition) is 3. The Bertz CT molecular complexity index is 323. The van der Waals surface area contributed by atoms with Gasteiger partial charge < -0.3 is 10.5 Å². The highest BCUT2D eigenvalue weighted by atomic mass is 16.5. The van der Waals surface area contributed by atoms with Gasteiger partial charge in [-0.25, -0.2) is 4.98 Å². The van der Waals surface area contributed by atoms with Gasteiger partial charge in [0.1, 0.15) is 0 Å². The monoisotopic (exact) mass is 178 g/mol. The van der Waals surface area contributed by atoms with E-state index in [1.807, 2.05) is 0 Å². The van der Waals surface area contributed by atoms with Crippen molar-refractivity contribution in [1.29, 1.82) is 0 Å². The summed E-state index contributed by atoms with van der Waals surface area (Å²) in [6, 6.07) is 0. The lowest BCUT2D eigenvalue weighted by atomic mass is 9.92. The van der Waals surface area contributed by atoms with Crippen molar-refractivity contribution in [2.75, 3.05) is 12.8 Å². The number of nitrogens with zero attached hydrogens (tertiary/aromatic N) is 1. The van der Waals surface area contributed by atoms with Crippen LogP contribution in [0.3, 0.4) is 0 Å². The summed E-state index contributed by atoms with van der Waals surface area (Å²) in [6.07, 6.45) is 6.26. The fourth-order valence-corrected chi connectivity index (χ4v) is 1.92. The van der Waals surface area contributed by atoms with Crippen LogP contribution in [-0.4, -0.2) is 12.1 Å². The molecule has 70 valence electrons. The Morgan fingerprint density at radius 3 is 2.69 bits per heavy atom. The van der Waals surface area contributed by atoms with Gasteiger partial charge >= 0.3 is 0 Å². The molecular formula is C10H14N2O. The molecule has 2 N–H and O–H groups in total. The molecule has 0 saturated carbocycles. The highest BCUT2D eigenvalue weighted by molar-refractivity contribution is 5.53. The molecule has 0 atom stereocenters. The van der Waals surface area contributed by atoms with Crippen LogP contribution < -0.4 is 10.5 Å². The van der Waals surface area contributed by atoms with Crippen LogP contribution in [0.4, 0.5) is 5.69 Å². The summed E-state index contributed by atoms with van der Waals surface area (Å²) in [6.45, 7) is 0. The molecule has 0 amide bonds. The van der Waals surface area contributed by atoms with Gasteiger partial charge in [0.25, 0.3) is 0 Å². The maximum absolute atomic E-state index is 5.85. The molecule has 1 heterocycles. The van der Waals surface area contributed by atoms with E-state index in [4.69, 9.17) is 10.5 Å². The number of nitrogens with two attached hydrogens (primary N) is 1. The van der Waals surface area contributed by atoms with E-state index in [0.717, 1.165) is 24.4 Å². The van der Waals surface area contributed by atoms with Crippen molar-refractivity contribution in [2.45, 2.75) is 25.7 Å². The molecule has 0 saturated heterocycles. The molecule has 0 radical (unpaired) electrons. The quantitative estimate of drug-likeness (QED) is 0.709. The van der Waals surface area contributed by atoms with Gasteiger partial charge in [-0.05, 0) is 31.2 Å². The third-order valence-electron chi connectivity index (χ3n) is 2.59. The average molecular weight is 178 g/mol. The Hall–Kier alpha value is -1.25. The summed E-state index contributed by atoms with van der Waals surface area (Å²) in [4.78, 5) is 4.16. The van der Waals surface area contributed by atoms with Crippen molar-refractivity contribution in [3.8, 4) is 5.88 Å². The Labute approximate surface area is 77.9 Å². The van der Waals surface area contributed by atoms with Gasteiger partial charge in [0.2, 0.25) is 5.88 Å². The van der Waals surface area contributed by atoms with E-state index >= 15 is 0 Å². The van der Waals surface area contributed by atoms with Crippen LogP contribution in [0, 0.1) is 0 Å². The second kappa shape index (κ2) is 3.24. The van der Waals surface area contributed by atoms with Crippen LogP contribution in [0.25, 0.3) is 0 Å². The van der Waals surface area contributed by atoms with Gasteiger partial charge in [0.15, 0.2) is 0 Å². The zero-order valence-electron chi connectivity index (χ0n) is 7.84.